The van der Waals surface area contributed by atoms with Crippen molar-refractivity contribution in [1.82, 2.24) is 15.0 Å². The average molecular weight is 183 g/mol. The molecule has 3 nitrogen and oxygen atoms in total. The van der Waals surface area contributed by atoms with Crippen LogP contribution in [0.5, 0.6) is 0 Å². The first-order valence-electron chi connectivity index (χ1n) is 5.03. The molecule has 3 heteroatoms. The van der Waals surface area contributed by atoms with Gasteiger partial charge in [0.05, 0.1) is 5.69 Å². The maximum absolute atomic E-state index is 4.05. The molecule has 0 amide bonds. The molecule has 0 saturated carbocycles. The Balaban J connectivity index is 0.000000671. The van der Waals surface area contributed by atoms with Gasteiger partial charge >= 0.3 is 0 Å². The summed E-state index contributed by atoms with van der Waals surface area (Å²) in [5.41, 5.74) is 1.07. The molecule has 0 spiro atoms. The van der Waals surface area contributed by atoms with Gasteiger partial charge in [-0.05, 0) is 19.8 Å². The quantitative estimate of drug-likeness (QED) is 0.705. The second-order valence-corrected chi connectivity index (χ2v) is 3.37. The van der Waals surface area contributed by atoms with Gasteiger partial charge in [-0.3, -0.25) is 0 Å². The van der Waals surface area contributed by atoms with E-state index in [1.54, 1.807) is 0 Å². The van der Waals surface area contributed by atoms with Crippen LogP contribution in [-0.4, -0.2) is 15.0 Å². The minimum atomic E-state index is 0.412. The van der Waals surface area contributed by atoms with Crippen LogP contribution < -0.4 is 0 Å². The Morgan fingerprint density at radius 2 is 1.69 bits per heavy atom. The minimum Gasteiger partial charge on any atom is -0.250 e. The molecular formula is C10H21N3. The van der Waals surface area contributed by atoms with Crippen molar-refractivity contribution >= 4 is 0 Å². The van der Waals surface area contributed by atoms with Crippen LogP contribution >= 0.6 is 0 Å². The van der Waals surface area contributed by atoms with Gasteiger partial charge in [-0.15, -0.1) is 5.10 Å². The predicted octanol–water partition coefficient (Wildman–Crippen LogP) is 3.01. The Kier molecular flexibility index (Phi) is 5.35. The average Bonchev–Trinajstić information content (AvgIpc) is 2.56. The number of aromatic nitrogens is 3. The Hall–Kier alpha value is -0.860. The molecule has 0 N–H and O–H groups in total. The second kappa shape index (κ2) is 5.73. The third kappa shape index (κ3) is 3.57. The maximum atomic E-state index is 4.05. The molecule has 0 aliphatic heterocycles. The first kappa shape index (κ1) is 12.1. The maximum Gasteiger partial charge on any atom is 0.0852 e. The van der Waals surface area contributed by atoms with Crippen molar-refractivity contribution in [2.45, 2.75) is 53.5 Å². The van der Waals surface area contributed by atoms with Crippen molar-refractivity contribution in [3.8, 4) is 0 Å². The van der Waals surface area contributed by atoms with Crippen LogP contribution in [0.3, 0.4) is 0 Å². The van der Waals surface area contributed by atoms with E-state index in [0.29, 0.717) is 12.0 Å². The van der Waals surface area contributed by atoms with E-state index in [1.807, 2.05) is 24.7 Å². The number of hydrogen-bond donors (Lipinski definition) is 0. The number of rotatable bonds is 2. The van der Waals surface area contributed by atoms with Crippen molar-refractivity contribution in [1.29, 1.82) is 0 Å². The van der Waals surface area contributed by atoms with Gasteiger partial charge < -0.3 is 0 Å². The fourth-order valence-electron chi connectivity index (χ4n) is 0.807. The molecule has 0 unspecified atom stereocenters. The van der Waals surface area contributed by atoms with Gasteiger partial charge in [-0.25, -0.2) is 4.68 Å². The molecule has 1 heterocycles. The highest BCUT2D eigenvalue weighted by atomic mass is 15.4. The Morgan fingerprint density at radius 1 is 1.15 bits per heavy atom. The zero-order valence-electron chi connectivity index (χ0n) is 9.57. The Labute approximate surface area is 81.2 Å². The van der Waals surface area contributed by atoms with Crippen LogP contribution in [0.25, 0.3) is 0 Å². The summed E-state index contributed by atoms with van der Waals surface area (Å²) in [6.07, 6.45) is 2.01. The van der Waals surface area contributed by atoms with Gasteiger partial charge in [0.1, 0.15) is 0 Å². The molecule has 0 aliphatic rings. The standard InChI is InChI=1S/C8H15N3.C2H6/c1-6(2)8-5-11(7(3)4)10-9-8;1-2/h5-7H,1-4H3;1-2H3. The van der Waals surface area contributed by atoms with E-state index < -0.39 is 0 Å². The highest BCUT2D eigenvalue weighted by molar-refractivity contribution is 4.98. The van der Waals surface area contributed by atoms with Crippen molar-refractivity contribution in [3.63, 3.8) is 0 Å². The topological polar surface area (TPSA) is 30.7 Å². The summed E-state index contributed by atoms with van der Waals surface area (Å²) in [5, 5.41) is 8.05. The van der Waals surface area contributed by atoms with E-state index >= 15 is 0 Å². The third-order valence-electron chi connectivity index (χ3n) is 1.65. The molecule has 76 valence electrons. The molecule has 13 heavy (non-hydrogen) atoms. The third-order valence-corrected chi connectivity index (χ3v) is 1.65. The van der Waals surface area contributed by atoms with Crippen LogP contribution in [0.2, 0.25) is 0 Å². The van der Waals surface area contributed by atoms with Crippen molar-refractivity contribution in [3.05, 3.63) is 11.9 Å². The SMILES string of the molecule is CC.CC(C)c1cn(C(C)C)nn1. The van der Waals surface area contributed by atoms with Crippen LogP contribution in [-0.2, 0) is 0 Å². The number of hydrogen-bond acceptors (Lipinski definition) is 2. The van der Waals surface area contributed by atoms with Crippen molar-refractivity contribution < 1.29 is 0 Å². The zero-order valence-corrected chi connectivity index (χ0v) is 9.57. The summed E-state index contributed by atoms with van der Waals surface area (Å²) in [4.78, 5) is 0. The molecule has 0 fully saturated rings. The second-order valence-electron chi connectivity index (χ2n) is 3.37. The number of nitrogens with zero attached hydrogens (tertiary/aromatic N) is 3. The molecule has 1 aromatic heterocycles. The van der Waals surface area contributed by atoms with Crippen LogP contribution in [0.15, 0.2) is 6.20 Å². The van der Waals surface area contributed by atoms with E-state index in [9.17, 15) is 0 Å². The minimum absolute atomic E-state index is 0.412. The summed E-state index contributed by atoms with van der Waals surface area (Å²) >= 11 is 0. The summed E-state index contributed by atoms with van der Waals surface area (Å²) in [7, 11) is 0. The molecule has 0 radical (unpaired) electrons. The lowest BCUT2D eigenvalue weighted by atomic mass is 10.2. The van der Waals surface area contributed by atoms with Gasteiger partial charge in [0.2, 0.25) is 0 Å². The zero-order chi connectivity index (χ0) is 10.4. The smallest absolute Gasteiger partial charge is 0.0852 e. The molecule has 0 aliphatic carbocycles. The van der Waals surface area contributed by atoms with Crippen molar-refractivity contribution in [2.24, 2.45) is 0 Å². The van der Waals surface area contributed by atoms with Crippen LogP contribution in [0.1, 0.15) is 59.2 Å². The fourth-order valence-corrected chi connectivity index (χ4v) is 0.807. The predicted molar refractivity (Wildman–Crippen MR) is 55.8 cm³/mol. The molecule has 0 atom stereocenters. The van der Waals surface area contributed by atoms with Gasteiger partial charge in [0.15, 0.2) is 0 Å². The van der Waals surface area contributed by atoms with Crippen molar-refractivity contribution in [2.75, 3.05) is 0 Å². The lowest BCUT2D eigenvalue weighted by Gasteiger charge is -2.01. The van der Waals surface area contributed by atoms with E-state index in [2.05, 4.69) is 38.0 Å². The molecule has 0 aromatic carbocycles. The molecule has 1 rings (SSSR count). The Bertz CT molecular complexity index is 203. The van der Waals surface area contributed by atoms with Gasteiger partial charge in [-0.2, -0.15) is 0 Å². The van der Waals surface area contributed by atoms with Gasteiger partial charge in [0, 0.05) is 12.2 Å². The summed E-state index contributed by atoms with van der Waals surface area (Å²) < 4.78 is 1.88. The summed E-state index contributed by atoms with van der Waals surface area (Å²) in [6.45, 7) is 12.4. The normalized spacial score (nSPS) is 10.2. The largest absolute Gasteiger partial charge is 0.250 e. The molecule has 0 saturated heterocycles. The Morgan fingerprint density at radius 3 is 1.92 bits per heavy atom. The van der Waals surface area contributed by atoms with Crippen LogP contribution in [0.4, 0.5) is 0 Å². The molecule has 1 aromatic rings. The first-order chi connectivity index (χ1) is 6.11. The van der Waals surface area contributed by atoms with E-state index in [-0.39, 0.29) is 0 Å². The summed E-state index contributed by atoms with van der Waals surface area (Å²) in [6, 6.07) is 0.412. The van der Waals surface area contributed by atoms with E-state index in [1.165, 1.54) is 0 Å². The van der Waals surface area contributed by atoms with Gasteiger partial charge in [-0.1, -0.05) is 32.9 Å². The molecular weight excluding hydrogens is 162 g/mol. The highest BCUT2D eigenvalue weighted by Crippen LogP contribution is 2.11. The van der Waals surface area contributed by atoms with E-state index in [0.717, 1.165) is 5.69 Å². The lowest BCUT2D eigenvalue weighted by molar-refractivity contribution is 0.514. The lowest BCUT2D eigenvalue weighted by Crippen LogP contribution is -2.00. The van der Waals surface area contributed by atoms with Gasteiger partial charge in [0.25, 0.3) is 0 Å². The first-order valence-corrected chi connectivity index (χ1v) is 5.03. The fraction of sp³-hybridized carbons (Fsp3) is 0.800. The monoisotopic (exact) mass is 183 g/mol. The molecule has 0 bridgehead atoms. The van der Waals surface area contributed by atoms with E-state index in [4.69, 9.17) is 0 Å². The van der Waals surface area contributed by atoms with Crippen LogP contribution in [0, 0.1) is 0 Å². The summed E-state index contributed by atoms with van der Waals surface area (Å²) in [5.74, 6) is 0.475. The highest BCUT2D eigenvalue weighted by Gasteiger charge is 2.05.